The summed E-state index contributed by atoms with van der Waals surface area (Å²) in [5, 5.41) is 9.49. The summed E-state index contributed by atoms with van der Waals surface area (Å²) < 4.78 is 0. The number of urea groups is 1. The van der Waals surface area contributed by atoms with Gasteiger partial charge in [0.2, 0.25) is 5.91 Å². The van der Waals surface area contributed by atoms with Gasteiger partial charge < -0.3 is 19.8 Å². The number of carbonyl (C=O) groups excluding carboxylic acids is 2. The second-order valence-corrected chi connectivity index (χ2v) is 8.58. The lowest BCUT2D eigenvalue weighted by molar-refractivity contribution is -0.143. The molecule has 1 spiro atoms. The highest BCUT2D eigenvalue weighted by Gasteiger charge is 2.45. The first-order chi connectivity index (χ1) is 13.7. The molecule has 0 aromatic rings. The van der Waals surface area contributed by atoms with Crippen LogP contribution in [-0.2, 0) is 9.59 Å². The molecule has 0 saturated carbocycles. The highest BCUT2D eigenvalue weighted by atomic mass is 16.4. The second kappa shape index (κ2) is 9.61. The van der Waals surface area contributed by atoms with Gasteiger partial charge in [0.05, 0.1) is 0 Å². The number of carboxylic acids is 1. The van der Waals surface area contributed by atoms with Gasteiger partial charge in [-0.2, -0.15) is 0 Å². The van der Waals surface area contributed by atoms with Crippen molar-refractivity contribution in [2.75, 3.05) is 46.3 Å². The Bertz CT molecular complexity index is 628. The number of rotatable bonds is 6. The number of carboxylic acid groups (broad SMARTS) is 1. The Morgan fingerprint density at radius 3 is 2.24 bits per heavy atom. The van der Waals surface area contributed by atoms with E-state index in [4.69, 9.17) is 0 Å². The van der Waals surface area contributed by atoms with E-state index in [-0.39, 0.29) is 23.4 Å². The predicted octanol–water partition coefficient (Wildman–Crippen LogP) is 1.72. The van der Waals surface area contributed by atoms with E-state index >= 15 is 0 Å². The topological polar surface area (TPSA) is 84.4 Å². The molecule has 0 aromatic carbocycles. The van der Waals surface area contributed by atoms with Gasteiger partial charge in [0, 0.05) is 45.3 Å². The van der Waals surface area contributed by atoms with Crippen LogP contribution in [0.2, 0.25) is 0 Å². The first-order valence-electron chi connectivity index (χ1n) is 10.6. The van der Waals surface area contributed by atoms with E-state index in [1.165, 1.54) is 11.0 Å². The molecular weight excluding hydrogens is 372 g/mol. The van der Waals surface area contributed by atoms with E-state index in [0.29, 0.717) is 26.2 Å². The Morgan fingerprint density at radius 2 is 1.76 bits per heavy atom. The molecule has 0 aliphatic carbocycles. The molecule has 0 radical (unpaired) electrons. The molecule has 1 N–H and O–H groups in total. The molecule has 29 heavy (non-hydrogen) atoms. The van der Waals surface area contributed by atoms with Crippen molar-refractivity contribution in [1.29, 1.82) is 0 Å². The van der Waals surface area contributed by atoms with Crippen molar-refractivity contribution in [3.8, 4) is 0 Å². The van der Waals surface area contributed by atoms with Gasteiger partial charge in [-0.15, -0.1) is 0 Å². The predicted molar refractivity (Wildman–Crippen MR) is 112 cm³/mol. The van der Waals surface area contributed by atoms with Crippen LogP contribution in [-0.4, -0.2) is 101 Å². The van der Waals surface area contributed by atoms with Gasteiger partial charge in [0.25, 0.3) is 0 Å². The van der Waals surface area contributed by atoms with Crippen LogP contribution in [0.4, 0.5) is 4.79 Å². The van der Waals surface area contributed by atoms with Crippen LogP contribution >= 0.6 is 0 Å². The summed E-state index contributed by atoms with van der Waals surface area (Å²) in [7, 11) is 1.57. The van der Waals surface area contributed by atoms with Gasteiger partial charge in [-0.1, -0.05) is 27.4 Å². The largest absolute Gasteiger partial charge is 0.480 e. The fourth-order valence-electron chi connectivity index (χ4n) is 4.78. The molecule has 0 bridgehead atoms. The minimum atomic E-state index is -0.982. The van der Waals surface area contributed by atoms with Crippen molar-refractivity contribution in [2.45, 2.75) is 51.6 Å². The third-order valence-corrected chi connectivity index (χ3v) is 6.34. The zero-order valence-electron chi connectivity index (χ0n) is 18.3. The molecular formula is C21H36N4O4. The van der Waals surface area contributed by atoms with E-state index in [2.05, 4.69) is 18.4 Å². The molecule has 2 fully saturated rings. The summed E-state index contributed by atoms with van der Waals surface area (Å²) in [6.07, 6.45) is 3.95. The van der Waals surface area contributed by atoms with Crippen LogP contribution in [0.3, 0.4) is 0 Å². The molecule has 164 valence electrons. The molecule has 0 aromatic heterocycles. The third kappa shape index (κ3) is 4.91. The number of aliphatic carboxylic acids is 1. The summed E-state index contributed by atoms with van der Waals surface area (Å²) in [6.45, 7) is 13.7. The average molecular weight is 409 g/mol. The maximum absolute atomic E-state index is 12.9. The van der Waals surface area contributed by atoms with Crippen molar-refractivity contribution in [3.63, 3.8) is 0 Å². The normalized spacial score (nSPS) is 20.6. The summed E-state index contributed by atoms with van der Waals surface area (Å²) in [5.41, 5.74) is -0.132. The minimum absolute atomic E-state index is 0.0417. The number of likely N-dealkylation sites (tertiary alicyclic amines) is 1. The maximum Gasteiger partial charge on any atom is 0.326 e. The first-order valence-corrected chi connectivity index (χ1v) is 10.6. The van der Waals surface area contributed by atoms with Gasteiger partial charge in [-0.25, -0.2) is 9.59 Å². The summed E-state index contributed by atoms with van der Waals surface area (Å²) >= 11 is 0. The standard InChI is InChI=1S/C21H36N4O4/c1-6-10-25-14-13-24(17(26)7-2)15-21(25)8-11-23(12-9-21)20(29)22(5)18(16(3)4)19(27)28/h7,16,18H,2,6,8-15H2,1,3-5H3,(H,27,28)/t18-/m0/s1. The Balaban J connectivity index is 2.10. The Morgan fingerprint density at radius 1 is 1.14 bits per heavy atom. The molecule has 2 heterocycles. The second-order valence-electron chi connectivity index (χ2n) is 8.58. The fraction of sp³-hybridized carbons (Fsp3) is 0.762. The molecule has 3 amide bonds. The quantitative estimate of drug-likeness (QED) is 0.677. The van der Waals surface area contributed by atoms with E-state index in [9.17, 15) is 19.5 Å². The highest BCUT2D eigenvalue weighted by molar-refractivity contribution is 5.87. The number of hydrogen-bond acceptors (Lipinski definition) is 4. The molecule has 0 unspecified atom stereocenters. The monoisotopic (exact) mass is 408 g/mol. The van der Waals surface area contributed by atoms with Gasteiger partial charge in [-0.3, -0.25) is 9.69 Å². The Hall–Kier alpha value is -2.09. The summed E-state index contributed by atoms with van der Waals surface area (Å²) in [6, 6.07) is -1.08. The average Bonchev–Trinajstić information content (AvgIpc) is 2.68. The molecule has 8 heteroatoms. The Labute approximate surface area is 174 Å². The number of nitrogens with zero attached hydrogens (tertiary/aromatic N) is 4. The SMILES string of the molecule is C=CC(=O)N1CCN(CCC)C2(CCN(C(=O)N(C)[C@H](C(=O)O)C(C)C)CC2)C1. The van der Waals surface area contributed by atoms with E-state index in [1.54, 1.807) is 11.9 Å². The fourth-order valence-corrected chi connectivity index (χ4v) is 4.78. The van der Waals surface area contributed by atoms with Crippen molar-refractivity contribution in [3.05, 3.63) is 12.7 Å². The Kier molecular flexibility index (Phi) is 7.68. The molecule has 1 atom stereocenters. The maximum atomic E-state index is 12.9. The van der Waals surface area contributed by atoms with E-state index < -0.39 is 12.0 Å². The van der Waals surface area contributed by atoms with Gasteiger partial charge >= 0.3 is 12.0 Å². The first kappa shape index (κ1) is 23.2. The van der Waals surface area contributed by atoms with Gasteiger partial charge in [-0.05, 0) is 37.8 Å². The van der Waals surface area contributed by atoms with Crippen LogP contribution in [0.15, 0.2) is 12.7 Å². The van der Waals surface area contributed by atoms with Crippen LogP contribution in [0.1, 0.15) is 40.0 Å². The lowest BCUT2D eigenvalue weighted by atomic mass is 9.83. The van der Waals surface area contributed by atoms with E-state index in [1.807, 2.05) is 18.7 Å². The number of hydrogen-bond donors (Lipinski definition) is 1. The van der Waals surface area contributed by atoms with Crippen LogP contribution in [0.25, 0.3) is 0 Å². The minimum Gasteiger partial charge on any atom is -0.480 e. The van der Waals surface area contributed by atoms with Crippen molar-refractivity contribution in [1.82, 2.24) is 19.6 Å². The van der Waals surface area contributed by atoms with Crippen molar-refractivity contribution >= 4 is 17.9 Å². The van der Waals surface area contributed by atoms with Gasteiger partial charge in [0.15, 0.2) is 0 Å². The van der Waals surface area contributed by atoms with E-state index in [0.717, 1.165) is 32.4 Å². The highest BCUT2D eigenvalue weighted by Crippen LogP contribution is 2.33. The number of likely N-dealkylation sites (N-methyl/N-ethyl adjacent to an activating group) is 1. The van der Waals surface area contributed by atoms with Crippen LogP contribution < -0.4 is 0 Å². The lowest BCUT2D eigenvalue weighted by Crippen LogP contribution is -2.67. The third-order valence-electron chi connectivity index (χ3n) is 6.34. The molecule has 2 rings (SSSR count). The molecule has 2 saturated heterocycles. The molecule has 8 nitrogen and oxygen atoms in total. The zero-order chi connectivity index (χ0) is 21.8. The number of piperidine rings is 1. The van der Waals surface area contributed by atoms with Crippen LogP contribution in [0, 0.1) is 5.92 Å². The van der Waals surface area contributed by atoms with Crippen molar-refractivity contribution in [2.24, 2.45) is 5.92 Å². The zero-order valence-corrected chi connectivity index (χ0v) is 18.3. The molecule has 2 aliphatic heterocycles. The van der Waals surface area contributed by atoms with Crippen molar-refractivity contribution < 1.29 is 19.5 Å². The smallest absolute Gasteiger partial charge is 0.326 e. The van der Waals surface area contributed by atoms with Gasteiger partial charge in [0.1, 0.15) is 6.04 Å². The van der Waals surface area contributed by atoms with Crippen LogP contribution in [0.5, 0.6) is 0 Å². The number of amides is 3. The summed E-state index contributed by atoms with van der Waals surface area (Å²) in [4.78, 5) is 44.2. The number of piperazine rings is 1. The number of carbonyl (C=O) groups is 3. The lowest BCUT2D eigenvalue weighted by Gasteiger charge is -2.54. The molecule has 2 aliphatic rings. The summed E-state index contributed by atoms with van der Waals surface area (Å²) in [5.74, 6) is -1.20.